The molecule has 0 aliphatic heterocycles. The first-order chi connectivity index (χ1) is 11.2. The normalized spacial score (nSPS) is 10.7. The fourth-order valence-corrected chi connectivity index (χ4v) is 2.57. The minimum Gasteiger partial charge on any atom is -0.288 e. The Balaban J connectivity index is 1.86. The molecular weight excluding hydrogens is 290 g/mol. The van der Waals surface area contributed by atoms with Crippen LogP contribution in [-0.4, -0.2) is 21.1 Å². The number of fused-ring (bicyclic) bond motifs is 1. The number of nitrogens with one attached hydrogen (secondary N) is 1. The van der Waals surface area contributed by atoms with Crippen LogP contribution in [0.25, 0.3) is 10.9 Å². The highest BCUT2D eigenvalue weighted by atomic mass is 16.5. The number of carbonyl (C=O) groups excluding carboxylic acids is 1. The smallest absolute Gasteiger partial charge is 0.276 e. The number of rotatable bonds is 4. The molecule has 0 spiro atoms. The molecule has 5 nitrogen and oxygen atoms in total. The van der Waals surface area contributed by atoms with Crippen LogP contribution in [0.1, 0.15) is 27.3 Å². The highest BCUT2D eigenvalue weighted by Crippen LogP contribution is 2.19. The van der Waals surface area contributed by atoms with Crippen LogP contribution in [0.5, 0.6) is 0 Å². The number of nitrogens with zero attached hydrogens (tertiary/aromatic N) is 2. The van der Waals surface area contributed by atoms with Crippen molar-refractivity contribution in [1.82, 2.24) is 15.4 Å². The predicted molar refractivity (Wildman–Crippen MR) is 87.4 cm³/mol. The summed E-state index contributed by atoms with van der Waals surface area (Å²) in [6.07, 6.45) is 3.55. The van der Waals surface area contributed by atoms with Crippen molar-refractivity contribution >= 4 is 16.8 Å². The second-order valence-electron chi connectivity index (χ2n) is 5.41. The molecule has 0 fully saturated rings. The molecule has 2 aromatic heterocycles. The lowest BCUT2D eigenvalue weighted by molar-refractivity contribution is 0.0705. The zero-order chi connectivity index (χ0) is 16.2. The van der Waals surface area contributed by atoms with Crippen molar-refractivity contribution < 1.29 is 10.0 Å². The molecule has 1 aromatic carbocycles. The Morgan fingerprint density at radius 2 is 2.04 bits per heavy atom. The van der Waals surface area contributed by atoms with Crippen molar-refractivity contribution in [3.63, 3.8) is 0 Å². The van der Waals surface area contributed by atoms with Crippen LogP contribution >= 0.6 is 0 Å². The zero-order valence-electron chi connectivity index (χ0n) is 12.8. The lowest BCUT2D eigenvalue weighted by Gasteiger charge is -2.07. The second-order valence-corrected chi connectivity index (χ2v) is 5.41. The van der Waals surface area contributed by atoms with Crippen molar-refractivity contribution in [2.75, 3.05) is 0 Å². The number of pyridine rings is 2. The fraction of sp³-hybridized carbons (Fsp3) is 0.167. The van der Waals surface area contributed by atoms with Crippen molar-refractivity contribution in [3.05, 3.63) is 71.2 Å². The van der Waals surface area contributed by atoms with E-state index in [1.807, 2.05) is 36.4 Å². The van der Waals surface area contributed by atoms with Crippen molar-refractivity contribution in [2.24, 2.45) is 0 Å². The van der Waals surface area contributed by atoms with E-state index in [9.17, 15) is 4.79 Å². The van der Waals surface area contributed by atoms with Crippen LogP contribution in [0.4, 0.5) is 0 Å². The van der Waals surface area contributed by atoms with Gasteiger partial charge in [0.05, 0.1) is 16.8 Å². The number of benzene rings is 1. The topological polar surface area (TPSA) is 75.1 Å². The molecule has 23 heavy (non-hydrogen) atoms. The third-order valence-electron chi connectivity index (χ3n) is 3.81. The zero-order valence-corrected chi connectivity index (χ0v) is 12.8. The highest BCUT2D eigenvalue weighted by Gasteiger charge is 2.11. The molecule has 0 bridgehead atoms. The maximum atomic E-state index is 11.6. The van der Waals surface area contributed by atoms with Crippen LogP contribution in [0.2, 0.25) is 0 Å². The Hall–Kier alpha value is -2.79. The van der Waals surface area contributed by atoms with Gasteiger partial charge in [0.1, 0.15) is 0 Å². The van der Waals surface area contributed by atoms with Crippen molar-refractivity contribution in [2.45, 2.75) is 19.8 Å². The molecule has 0 unspecified atom stereocenters. The molecule has 3 aromatic rings. The van der Waals surface area contributed by atoms with Gasteiger partial charge in [0.25, 0.3) is 5.91 Å². The summed E-state index contributed by atoms with van der Waals surface area (Å²) in [6, 6.07) is 13.7. The van der Waals surface area contributed by atoms with Gasteiger partial charge in [-0.3, -0.25) is 20.0 Å². The lowest BCUT2D eigenvalue weighted by atomic mass is 10.0. The third kappa shape index (κ3) is 3.35. The molecule has 0 aliphatic carbocycles. The summed E-state index contributed by atoms with van der Waals surface area (Å²) in [6.45, 7) is 1.75. The molecular formula is C18H17N3O2. The van der Waals surface area contributed by atoms with E-state index in [0.717, 1.165) is 29.4 Å². The summed E-state index contributed by atoms with van der Waals surface area (Å²) < 4.78 is 0. The highest BCUT2D eigenvalue weighted by molar-refractivity contribution is 5.98. The third-order valence-corrected chi connectivity index (χ3v) is 3.81. The monoisotopic (exact) mass is 307 g/mol. The quantitative estimate of drug-likeness (QED) is 0.574. The summed E-state index contributed by atoms with van der Waals surface area (Å²) >= 11 is 0. The van der Waals surface area contributed by atoms with Crippen LogP contribution in [-0.2, 0) is 12.8 Å². The number of hydrogen-bond donors (Lipinski definition) is 2. The predicted octanol–water partition coefficient (Wildman–Crippen LogP) is 2.84. The molecule has 5 heteroatoms. The standard InChI is InChI=1S/C18H17N3O2/c1-12-16(18(22)21-23)11-14-7-5-13(10-17(14)20-12)6-8-15-4-2-3-9-19-15/h2-5,7,9-11,23H,6,8H2,1H3,(H,21,22). The van der Waals surface area contributed by atoms with Crippen LogP contribution < -0.4 is 5.48 Å². The molecule has 3 rings (SSSR count). The van der Waals surface area contributed by atoms with Gasteiger partial charge in [-0.05, 0) is 49.6 Å². The number of amides is 1. The Labute approximate surface area is 134 Å². The van der Waals surface area contributed by atoms with E-state index in [1.54, 1.807) is 24.7 Å². The fourth-order valence-electron chi connectivity index (χ4n) is 2.57. The summed E-state index contributed by atoms with van der Waals surface area (Å²) in [7, 11) is 0. The summed E-state index contributed by atoms with van der Waals surface area (Å²) in [5.74, 6) is -0.545. The van der Waals surface area contributed by atoms with E-state index in [0.29, 0.717) is 11.3 Å². The van der Waals surface area contributed by atoms with E-state index in [2.05, 4.69) is 9.97 Å². The lowest BCUT2D eigenvalue weighted by Crippen LogP contribution is -2.20. The van der Waals surface area contributed by atoms with E-state index >= 15 is 0 Å². The van der Waals surface area contributed by atoms with E-state index in [-0.39, 0.29) is 0 Å². The molecule has 1 amide bonds. The Bertz CT molecular complexity index is 848. The van der Waals surface area contributed by atoms with Gasteiger partial charge < -0.3 is 0 Å². The maximum absolute atomic E-state index is 11.6. The first kappa shape index (κ1) is 15.1. The summed E-state index contributed by atoms with van der Waals surface area (Å²) in [5.41, 5.74) is 5.70. The SMILES string of the molecule is Cc1nc2cc(CCc3ccccn3)ccc2cc1C(=O)NO. The number of aromatic nitrogens is 2. The number of carbonyl (C=O) groups is 1. The van der Waals surface area contributed by atoms with Gasteiger partial charge in [-0.25, -0.2) is 5.48 Å². The average Bonchev–Trinajstić information content (AvgIpc) is 2.59. The minimum absolute atomic E-state index is 0.376. The van der Waals surface area contributed by atoms with Gasteiger partial charge in [-0.1, -0.05) is 18.2 Å². The molecule has 0 saturated heterocycles. The van der Waals surface area contributed by atoms with Gasteiger partial charge >= 0.3 is 0 Å². The van der Waals surface area contributed by atoms with E-state index in [4.69, 9.17) is 5.21 Å². The first-order valence-electron chi connectivity index (χ1n) is 7.42. The Kier molecular flexibility index (Phi) is 4.30. The first-order valence-corrected chi connectivity index (χ1v) is 7.42. The number of hydroxylamine groups is 1. The maximum Gasteiger partial charge on any atom is 0.276 e. The molecule has 0 radical (unpaired) electrons. The molecule has 116 valence electrons. The molecule has 0 saturated carbocycles. The number of aryl methyl sites for hydroxylation is 3. The van der Waals surface area contributed by atoms with Crippen LogP contribution in [0.3, 0.4) is 0 Å². The summed E-state index contributed by atoms with van der Waals surface area (Å²) in [5, 5.41) is 9.64. The van der Waals surface area contributed by atoms with Crippen LogP contribution in [0.15, 0.2) is 48.7 Å². The molecule has 0 atom stereocenters. The number of hydrogen-bond acceptors (Lipinski definition) is 4. The van der Waals surface area contributed by atoms with E-state index in [1.165, 1.54) is 5.56 Å². The van der Waals surface area contributed by atoms with Gasteiger partial charge in [0.2, 0.25) is 0 Å². The van der Waals surface area contributed by atoms with Crippen LogP contribution in [0, 0.1) is 6.92 Å². The molecule has 0 aliphatic rings. The van der Waals surface area contributed by atoms with Gasteiger partial charge in [-0.15, -0.1) is 0 Å². The largest absolute Gasteiger partial charge is 0.288 e. The second kappa shape index (κ2) is 6.54. The minimum atomic E-state index is -0.545. The van der Waals surface area contributed by atoms with Crippen molar-refractivity contribution in [3.8, 4) is 0 Å². The molecule has 2 N–H and O–H groups in total. The van der Waals surface area contributed by atoms with Gasteiger partial charge in [0.15, 0.2) is 0 Å². The Morgan fingerprint density at radius 1 is 1.17 bits per heavy atom. The van der Waals surface area contributed by atoms with Gasteiger partial charge in [0, 0.05) is 17.3 Å². The Morgan fingerprint density at radius 3 is 2.78 bits per heavy atom. The molecule has 2 heterocycles. The van der Waals surface area contributed by atoms with E-state index < -0.39 is 5.91 Å². The van der Waals surface area contributed by atoms with Gasteiger partial charge in [-0.2, -0.15) is 0 Å². The van der Waals surface area contributed by atoms with Crippen molar-refractivity contribution in [1.29, 1.82) is 0 Å². The summed E-state index contributed by atoms with van der Waals surface area (Å²) in [4.78, 5) is 20.4. The average molecular weight is 307 g/mol.